The second-order valence-electron chi connectivity index (χ2n) is 8.56. The third-order valence-corrected chi connectivity index (χ3v) is 5.70. The highest BCUT2D eigenvalue weighted by atomic mass is 14.8. The summed E-state index contributed by atoms with van der Waals surface area (Å²) in [7, 11) is 0. The van der Waals surface area contributed by atoms with Crippen LogP contribution < -0.4 is 0 Å². The third kappa shape index (κ3) is 4.25. The standard InChI is InChI=1S/C29H24N4/c1-17-9-18(2)12-23(11-17)28-29(24-13-19(3)10-20(4)14-24)33-26(16-32-28)25-8-7-22(15-30)27(31-6)21(25)5/h7-14,16H,1-5H3. The van der Waals surface area contributed by atoms with E-state index in [0.717, 1.165) is 44.8 Å². The van der Waals surface area contributed by atoms with Gasteiger partial charge in [0.1, 0.15) is 0 Å². The first-order valence-corrected chi connectivity index (χ1v) is 10.8. The van der Waals surface area contributed by atoms with Gasteiger partial charge in [0.05, 0.1) is 41.5 Å². The number of aromatic nitrogens is 2. The zero-order valence-corrected chi connectivity index (χ0v) is 19.5. The number of benzene rings is 3. The molecule has 0 aliphatic carbocycles. The van der Waals surface area contributed by atoms with Gasteiger partial charge in [-0.3, -0.25) is 4.98 Å². The molecule has 0 atom stereocenters. The van der Waals surface area contributed by atoms with Gasteiger partial charge in [-0.05, 0) is 70.0 Å². The SMILES string of the molecule is [C-]#[N+]c1c(C#N)ccc(-c2cnc(-c3cc(C)cc(C)c3)c(-c3cc(C)cc(C)c3)n2)c1C. The maximum absolute atomic E-state index is 9.37. The molecule has 0 saturated carbocycles. The summed E-state index contributed by atoms with van der Waals surface area (Å²) in [5.74, 6) is 0. The van der Waals surface area contributed by atoms with Crippen molar-refractivity contribution in [3.8, 4) is 39.8 Å². The van der Waals surface area contributed by atoms with Crippen LogP contribution in [0.4, 0.5) is 5.69 Å². The van der Waals surface area contributed by atoms with Crippen LogP contribution in [0.3, 0.4) is 0 Å². The third-order valence-electron chi connectivity index (χ3n) is 5.70. The summed E-state index contributed by atoms with van der Waals surface area (Å²) in [6.45, 7) is 17.7. The van der Waals surface area contributed by atoms with Crippen molar-refractivity contribution in [3.05, 3.63) is 99.5 Å². The quantitative estimate of drug-likeness (QED) is 0.319. The van der Waals surface area contributed by atoms with Crippen LogP contribution in [0.1, 0.15) is 33.4 Å². The number of rotatable bonds is 3. The molecular weight excluding hydrogens is 404 g/mol. The minimum absolute atomic E-state index is 0.364. The Bertz CT molecular complexity index is 1440. The molecule has 0 N–H and O–H groups in total. The van der Waals surface area contributed by atoms with Crippen molar-refractivity contribution in [2.45, 2.75) is 34.6 Å². The molecule has 0 aliphatic heterocycles. The number of hydrogen-bond donors (Lipinski definition) is 0. The van der Waals surface area contributed by atoms with Gasteiger partial charge in [-0.2, -0.15) is 5.26 Å². The van der Waals surface area contributed by atoms with Gasteiger partial charge in [-0.25, -0.2) is 9.83 Å². The predicted octanol–water partition coefficient (Wildman–Crippen LogP) is 7.44. The van der Waals surface area contributed by atoms with Crippen LogP contribution in [0.25, 0.3) is 38.6 Å². The van der Waals surface area contributed by atoms with E-state index >= 15 is 0 Å². The fourth-order valence-electron chi connectivity index (χ4n) is 4.37. The molecular formula is C29H24N4. The van der Waals surface area contributed by atoms with Gasteiger partial charge in [0.15, 0.2) is 0 Å². The van der Waals surface area contributed by atoms with Gasteiger partial charge >= 0.3 is 0 Å². The van der Waals surface area contributed by atoms with Crippen LogP contribution in [-0.2, 0) is 0 Å². The lowest BCUT2D eigenvalue weighted by Gasteiger charge is -2.15. The molecule has 33 heavy (non-hydrogen) atoms. The molecule has 1 aromatic heterocycles. The molecule has 4 rings (SSSR count). The van der Waals surface area contributed by atoms with Gasteiger partial charge in [0.2, 0.25) is 5.69 Å². The molecule has 0 radical (unpaired) electrons. The second kappa shape index (κ2) is 8.69. The zero-order valence-electron chi connectivity index (χ0n) is 19.5. The van der Waals surface area contributed by atoms with E-state index in [1.165, 1.54) is 11.1 Å². The topological polar surface area (TPSA) is 53.9 Å². The fourth-order valence-corrected chi connectivity index (χ4v) is 4.37. The molecule has 4 aromatic rings. The van der Waals surface area contributed by atoms with E-state index < -0.39 is 0 Å². The smallest absolute Gasteiger partial charge is 0.208 e. The summed E-state index contributed by atoms with van der Waals surface area (Å²) in [5.41, 5.74) is 11.3. The summed E-state index contributed by atoms with van der Waals surface area (Å²) < 4.78 is 0. The minimum atomic E-state index is 0.364. The van der Waals surface area contributed by atoms with Crippen LogP contribution in [0.15, 0.2) is 54.7 Å². The Balaban J connectivity index is 2.01. The summed E-state index contributed by atoms with van der Waals surface area (Å²) in [6.07, 6.45) is 1.77. The normalized spacial score (nSPS) is 10.5. The van der Waals surface area contributed by atoms with Crippen molar-refractivity contribution >= 4 is 5.69 Å². The van der Waals surface area contributed by atoms with Crippen LogP contribution in [0.2, 0.25) is 0 Å². The van der Waals surface area contributed by atoms with Crippen molar-refractivity contribution in [1.29, 1.82) is 5.26 Å². The van der Waals surface area contributed by atoms with Crippen LogP contribution in [0, 0.1) is 52.5 Å². The van der Waals surface area contributed by atoms with Crippen LogP contribution in [0.5, 0.6) is 0 Å². The minimum Gasteiger partial charge on any atom is -0.252 e. The molecule has 4 heteroatoms. The lowest BCUT2D eigenvalue weighted by Crippen LogP contribution is -1.99. The molecule has 4 nitrogen and oxygen atoms in total. The van der Waals surface area contributed by atoms with E-state index in [4.69, 9.17) is 16.5 Å². The largest absolute Gasteiger partial charge is 0.252 e. The Labute approximate surface area is 195 Å². The molecule has 160 valence electrons. The summed E-state index contributed by atoms with van der Waals surface area (Å²) in [6, 6.07) is 18.5. The average Bonchev–Trinajstić information content (AvgIpc) is 2.77. The van der Waals surface area contributed by atoms with Gasteiger partial charge in [0, 0.05) is 11.1 Å². The Morgan fingerprint density at radius 2 is 1.33 bits per heavy atom. The fraction of sp³-hybridized carbons (Fsp3) is 0.172. The Kier molecular flexibility index (Phi) is 5.78. The van der Waals surface area contributed by atoms with Crippen molar-refractivity contribution in [2.24, 2.45) is 0 Å². The number of hydrogen-bond acceptors (Lipinski definition) is 3. The van der Waals surface area contributed by atoms with Crippen molar-refractivity contribution < 1.29 is 0 Å². The molecule has 3 aromatic carbocycles. The Morgan fingerprint density at radius 1 is 0.788 bits per heavy atom. The highest BCUT2D eigenvalue weighted by molar-refractivity contribution is 5.82. The predicted molar refractivity (Wildman–Crippen MR) is 133 cm³/mol. The summed E-state index contributed by atoms with van der Waals surface area (Å²) in [4.78, 5) is 13.5. The number of aryl methyl sites for hydroxylation is 4. The highest BCUT2D eigenvalue weighted by Gasteiger charge is 2.17. The van der Waals surface area contributed by atoms with Crippen molar-refractivity contribution in [3.63, 3.8) is 0 Å². The van der Waals surface area contributed by atoms with Gasteiger partial charge in [-0.1, -0.05) is 46.5 Å². The maximum Gasteiger partial charge on any atom is 0.208 e. The van der Waals surface area contributed by atoms with E-state index in [0.29, 0.717) is 16.9 Å². The van der Waals surface area contributed by atoms with E-state index in [9.17, 15) is 5.26 Å². The van der Waals surface area contributed by atoms with Crippen LogP contribution in [-0.4, -0.2) is 9.97 Å². The molecule has 0 fully saturated rings. The van der Waals surface area contributed by atoms with Gasteiger partial charge in [0.25, 0.3) is 0 Å². The molecule has 0 bridgehead atoms. The Morgan fingerprint density at radius 3 is 1.85 bits per heavy atom. The van der Waals surface area contributed by atoms with Gasteiger partial charge < -0.3 is 0 Å². The Hall–Kier alpha value is -4.28. The summed E-state index contributed by atoms with van der Waals surface area (Å²) in [5, 5.41) is 9.37. The van der Waals surface area contributed by atoms with Crippen molar-refractivity contribution in [1.82, 2.24) is 9.97 Å². The molecule has 0 aliphatic rings. The first kappa shape index (κ1) is 21.9. The molecule has 0 amide bonds. The lowest BCUT2D eigenvalue weighted by molar-refractivity contribution is 1.20. The molecule has 1 heterocycles. The van der Waals surface area contributed by atoms with E-state index in [2.05, 4.69) is 75.0 Å². The van der Waals surface area contributed by atoms with E-state index in [-0.39, 0.29) is 0 Å². The lowest BCUT2D eigenvalue weighted by atomic mass is 9.97. The molecule has 0 spiro atoms. The average molecular weight is 429 g/mol. The monoisotopic (exact) mass is 428 g/mol. The first-order valence-electron chi connectivity index (χ1n) is 10.8. The number of nitriles is 1. The number of nitrogens with zero attached hydrogens (tertiary/aromatic N) is 4. The van der Waals surface area contributed by atoms with Gasteiger partial charge in [-0.15, -0.1) is 0 Å². The summed E-state index contributed by atoms with van der Waals surface area (Å²) >= 11 is 0. The van der Waals surface area contributed by atoms with Crippen molar-refractivity contribution in [2.75, 3.05) is 0 Å². The van der Waals surface area contributed by atoms with E-state index in [1.807, 2.05) is 13.0 Å². The maximum atomic E-state index is 9.37. The second-order valence-corrected chi connectivity index (χ2v) is 8.56. The first-order chi connectivity index (χ1) is 15.8. The highest BCUT2D eigenvalue weighted by Crippen LogP contribution is 2.36. The molecule has 0 unspecified atom stereocenters. The molecule has 0 saturated heterocycles. The van der Waals surface area contributed by atoms with Crippen LogP contribution >= 0.6 is 0 Å². The van der Waals surface area contributed by atoms with E-state index in [1.54, 1.807) is 12.3 Å². The zero-order chi connectivity index (χ0) is 23.7.